The Kier molecular flexibility index (Phi) is 6.60. The molecule has 0 saturated heterocycles. The molecular weight excluding hydrogens is 472 g/mol. The van der Waals surface area contributed by atoms with E-state index in [1.807, 2.05) is 19.1 Å². The number of rotatable bonds is 7. The highest BCUT2D eigenvalue weighted by Gasteiger charge is 2.40. The van der Waals surface area contributed by atoms with Gasteiger partial charge in [-0.2, -0.15) is 0 Å². The molecule has 9 heteroatoms. The lowest BCUT2D eigenvalue weighted by atomic mass is 10.1. The first kappa shape index (κ1) is 22.8. The molecule has 0 spiro atoms. The minimum Gasteiger partial charge on any atom is -0.494 e. The van der Waals surface area contributed by atoms with Crippen LogP contribution in [-0.2, 0) is 7.05 Å². The van der Waals surface area contributed by atoms with Crippen LogP contribution in [0, 0.1) is 12.7 Å². The summed E-state index contributed by atoms with van der Waals surface area (Å²) >= 11 is 13.9. The summed E-state index contributed by atoms with van der Waals surface area (Å²) < 4.78 is 24.7. The molecule has 5 nitrogen and oxygen atoms in total. The van der Waals surface area contributed by atoms with Gasteiger partial charge in [-0.1, -0.05) is 35.3 Å². The number of ether oxygens (including phenoxy) is 1. The smallest absolute Gasteiger partial charge is 0.255 e. The van der Waals surface area contributed by atoms with Gasteiger partial charge in [-0.05, 0) is 60.7 Å². The van der Waals surface area contributed by atoms with E-state index in [1.54, 1.807) is 25.2 Å². The standard InChI is InChI=1S/C23H22Cl2FN3O2S/c1-12-4-7-18(17(26)8-12)27-23-22(19(31-3)11-21(30)29(23)2)28-32-20-10-15(20)14-6-5-13(24)9-16(14)25/h4-9,11,15,20,27-28H,10H2,1-3H3. The molecule has 32 heavy (non-hydrogen) atoms. The largest absolute Gasteiger partial charge is 0.494 e. The number of methoxy groups -OCH3 is 1. The van der Waals surface area contributed by atoms with E-state index in [0.29, 0.717) is 33.2 Å². The molecule has 1 aliphatic rings. The minimum atomic E-state index is -0.404. The molecule has 0 aliphatic heterocycles. The molecule has 0 amide bonds. The van der Waals surface area contributed by atoms with Crippen molar-refractivity contribution in [3.05, 3.63) is 79.8 Å². The van der Waals surface area contributed by atoms with E-state index in [2.05, 4.69) is 10.0 Å². The van der Waals surface area contributed by atoms with E-state index in [4.69, 9.17) is 27.9 Å². The number of pyridine rings is 1. The van der Waals surface area contributed by atoms with Crippen molar-refractivity contribution < 1.29 is 9.13 Å². The van der Waals surface area contributed by atoms with Gasteiger partial charge >= 0.3 is 0 Å². The molecule has 2 atom stereocenters. The first-order valence-corrected chi connectivity index (χ1v) is 11.6. The third kappa shape index (κ3) is 4.70. The van der Waals surface area contributed by atoms with Crippen molar-refractivity contribution in [2.75, 3.05) is 17.1 Å². The Balaban J connectivity index is 1.59. The first-order chi connectivity index (χ1) is 15.3. The van der Waals surface area contributed by atoms with Crippen molar-refractivity contribution in [3.63, 3.8) is 0 Å². The van der Waals surface area contributed by atoms with Crippen LogP contribution in [0.1, 0.15) is 23.5 Å². The lowest BCUT2D eigenvalue weighted by Crippen LogP contribution is -2.20. The number of hydrogen-bond acceptors (Lipinski definition) is 5. The molecule has 4 rings (SSSR count). The van der Waals surface area contributed by atoms with Gasteiger partial charge < -0.3 is 14.8 Å². The molecule has 0 radical (unpaired) electrons. The summed E-state index contributed by atoms with van der Waals surface area (Å²) in [6.45, 7) is 1.82. The van der Waals surface area contributed by atoms with Crippen molar-refractivity contribution in [1.29, 1.82) is 0 Å². The summed E-state index contributed by atoms with van der Waals surface area (Å²) in [5.41, 5.74) is 2.42. The SMILES string of the molecule is COc1cc(=O)n(C)c(Nc2ccc(C)cc2F)c1NSC1CC1c1ccc(Cl)cc1Cl. The van der Waals surface area contributed by atoms with Crippen LogP contribution in [0.25, 0.3) is 0 Å². The molecule has 2 N–H and O–H groups in total. The molecule has 1 heterocycles. The summed E-state index contributed by atoms with van der Waals surface area (Å²) in [4.78, 5) is 12.4. The number of benzene rings is 2. The second kappa shape index (κ2) is 9.25. The molecule has 168 valence electrons. The number of nitrogens with zero attached hydrogens (tertiary/aromatic N) is 1. The van der Waals surface area contributed by atoms with Crippen LogP contribution < -0.4 is 20.3 Å². The minimum absolute atomic E-state index is 0.268. The zero-order chi connectivity index (χ0) is 23.0. The molecule has 2 aromatic carbocycles. The highest BCUT2D eigenvalue weighted by atomic mass is 35.5. The van der Waals surface area contributed by atoms with E-state index in [-0.39, 0.29) is 16.5 Å². The summed E-state index contributed by atoms with van der Waals surface area (Å²) in [5, 5.41) is 4.59. The summed E-state index contributed by atoms with van der Waals surface area (Å²) in [7, 11) is 3.12. The van der Waals surface area contributed by atoms with Crippen LogP contribution in [0.5, 0.6) is 5.75 Å². The van der Waals surface area contributed by atoms with Gasteiger partial charge in [-0.15, -0.1) is 0 Å². The highest BCUT2D eigenvalue weighted by Crippen LogP contribution is 2.52. The Bertz CT molecular complexity index is 1230. The maximum absolute atomic E-state index is 14.5. The van der Waals surface area contributed by atoms with Crippen LogP contribution in [0.3, 0.4) is 0 Å². The number of anilines is 3. The normalized spacial score (nSPS) is 17.2. The first-order valence-electron chi connectivity index (χ1n) is 9.96. The molecule has 1 aliphatic carbocycles. The Morgan fingerprint density at radius 1 is 1.19 bits per heavy atom. The predicted molar refractivity (Wildman–Crippen MR) is 131 cm³/mol. The Hall–Kier alpha value is -2.35. The predicted octanol–water partition coefficient (Wildman–Crippen LogP) is 6.51. The molecular formula is C23H22Cl2FN3O2S. The van der Waals surface area contributed by atoms with Crippen LogP contribution in [-0.4, -0.2) is 16.9 Å². The zero-order valence-corrected chi connectivity index (χ0v) is 20.0. The summed E-state index contributed by atoms with van der Waals surface area (Å²) in [5.74, 6) is 0.670. The van der Waals surface area contributed by atoms with Gasteiger partial charge in [-0.3, -0.25) is 9.36 Å². The van der Waals surface area contributed by atoms with Gasteiger partial charge in [0.05, 0.1) is 12.8 Å². The highest BCUT2D eigenvalue weighted by molar-refractivity contribution is 8.01. The summed E-state index contributed by atoms with van der Waals surface area (Å²) in [6.07, 6.45) is 0.947. The maximum Gasteiger partial charge on any atom is 0.255 e. The van der Waals surface area contributed by atoms with Crippen LogP contribution >= 0.6 is 35.1 Å². The number of halogens is 3. The molecule has 2 unspecified atom stereocenters. The second-order valence-corrected chi connectivity index (χ2v) is 9.60. The van der Waals surface area contributed by atoms with E-state index in [9.17, 15) is 9.18 Å². The number of aromatic nitrogens is 1. The number of aryl methyl sites for hydroxylation is 1. The van der Waals surface area contributed by atoms with Gasteiger partial charge in [0.15, 0.2) is 5.75 Å². The van der Waals surface area contributed by atoms with E-state index >= 15 is 0 Å². The van der Waals surface area contributed by atoms with Crippen LogP contribution in [0.15, 0.2) is 47.3 Å². The van der Waals surface area contributed by atoms with Crippen molar-refractivity contribution in [1.82, 2.24) is 4.57 Å². The van der Waals surface area contributed by atoms with E-state index < -0.39 is 5.82 Å². The van der Waals surface area contributed by atoms with Gasteiger partial charge in [0, 0.05) is 34.3 Å². The molecule has 1 aromatic heterocycles. The zero-order valence-electron chi connectivity index (χ0n) is 17.7. The monoisotopic (exact) mass is 493 g/mol. The van der Waals surface area contributed by atoms with Gasteiger partial charge in [-0.25, -0.2) is 4.39 Å². The van der Waals surface area contributed by atoms with Crippen molar-refractivity contribution >= 4 is 52.3 Å². The molecule has 1 fully saturated rings. The lowest BCUT2D eigenvalue weighted by Gasteiger charge is -2.19. The van der Waals surface area contributed by atoms with Crippen molar-refractivity contribution in [2.24, 2.45) is 7.05 Å². The fourth-order valence-electron chi connectivity index (χ4n) is 3.50. The molecule has 1 saturated carbocycles. The van der Waals surface area contributed by atoms with Crippen LogP contribution in [0.4, 0.5) is 21.6 Å². The summed E-state index contributed by atoms with van der Waals surface area (Å²) in [6, 6.07) is 11.8. The Morgan fingerprint density at radius 3 is 2.66 bits per heavy atom. The van der Waals surface area contributed by atoms with Crippen molar-refractivity contribution in [3.8, 4) is 5.75 Å². The number of nitrogens with one attached hydrogen (secondary N) is 2. The topological polar surface area (TPSA) is 55.3 Å². The van der Waals surface area contributed by atoms with E-state index in [0.717, 1.165) is 17.5 Å². The third-order valence-corrected chi connectivity index (χ3v) is 7.12. The Morgan fingerprint density at radius 2 is 1.97 bits per heavy atom. The molecule has 0 bridgehead atoms. The van der Waals surface area contributed by atoms with E-state index in [1.165, 1.54) is 35.8 Å². The van der Waals surface area contributed by atoms with Gasteiger partial charge in [0.1, 0.15) is 17.3 Å². The fraction of sp³-hybridized carbons (Fsp3) is 0.261. The quantitative estimate of drug-likeness (QED) is 0.367. The second-order valence-electron chi connectivity index (χ2n) is 7.71. The lowest BCUT2D eigenvalue weighted by molar-refractivity contribution is 0.415. The average Bonchev–Trinajstić information content (AvgIpc) is 3.51. The maximum atomic E-state index is 14.5. The molecule has 3 aromatic rings. The fourth-order valence-corrected chi connectivity index (χ4v) is 5.13. The number of hydrogen-bond donors (Lipinski definition) is 2. The van der Waals surface area contributed by atoms with Crippen LogP contribution in [0.2, 0.25) is 10.0 Å². The third-order valence-electron chi connectivity index (χ3n) is 5.41. The average molecular weight is 494 g/mol. The Labute approximate surface area is 200 Å². The van der Waals surface area contributed by atoms with Gasteiger partial charge in [0.25, 0.3) is 5.56 Å². The van der Waals surface area contributed by atoms with Gasteiger partial charge in [0.2, 0.25) is 0 Å². The van der Waals surface area contributed by atoms with Crippen molar-refractivity contribution in [2.45, 2.75) is 24.5 Å².